The molecule has 0 aliphatic rings. The quantitative estimate of drug-likeness (QED) is 0.566. The fourth-order valence-corrected chi connectivity index (χ4v) is 2.72. The lowest BCUT2D eigenvalue weighted by Crippen LogP contribution is -2.30. The molecule has 0 radical (unpaired) electrons. The van der Waals surface area contributed by atoms with Crippen LogP contribution in [0.5, 0.6) is 5.75 Å². The van der Waals surface area contributed by atoms with Gasteiger partial charge in [-0.1, -0.05) is 39.0 Å². The number of methoxy groups -OCH3 is 1. The summed E-state index contributed by atoms with van der Waals surface area (Å²) in [6.45, 7) is 4.52. The molecule has 0 saturated carbocycles. The Labute approximate surface area is 117 Å². The molecule has 0 N–H and O–H groups in total. The topological polar surface area (TPSA) is 9.23 Å². The van der Waals surface area contributed by atoms with E-state index in [2.05, 4.69) is 13.8 Å². The molecular weight excluding hydrogens is 272 g/mol. The molecule has 1 aromatic carbocycles. The Morgan fingerprint density at radius 1 is 1.26 bits per heavy atom. The van der Waals surface area contributed by atoms with E-state index in [0.29, 0.717) is 12.5 Å². The number of ether oxygens (including phenoxy) is 1. The molecule has 0 heterocycles. The largest absolute Gasteiger partial charge is 0.497 e. The van der Waals surface area contributed by atoms with Gasteiger partial charge in [-0.25, -0.2) is 0 Å². The first kappa shape index (κ1) is 16.3. The molecule has 0 spiro atoms. The SMILES string of the molecule is CCCB(CC)c1ccc(SC(F)(F)F)cc1OC. The van der Waals surface area contributed by atoms with Crippen molar-refractivity contribution in [1.29, 1.82) is 0 Å². The van der Waals surface area contributed by atoms with Crippen molar-refractivity contribution in [3.63, 3.8) is 0 Å². The van der Waals surface area contributed by atoms with Crippen molar-refractivity contribution in [2.75, 3.05) is 7.11 Å². The minimum atomic E-state index is -4.26. The normalized spacial score (nSPS) is 11.5. The second-order valence-corrected chi connectivity index (χ2v) is 5.48. The molecule has 19 heavy (non-hydrogen) atoms. The van der Waals surface area contributed by atoms with Gasteiger partial charge in [-0.15, -0.1) is 0 Å². The van der Waals surface area contributed by atoms with Gasteiger partial charge in [0.1, 0.15) is 5.75 Å². The molecule has 0 unspecified atom stereocenters. The molecule has 0 bridgehead atoms. The summed E-state index contributed by atoms with van der Waals surface area (Å²) in [5, 5.41) is 0. The van der Waals surface area contributed by atoms with Crippen LogP contribution in [-0.2, 0) is 0 Å². The van der Waals surface area contributed by atoms with Crippen molar-refractivity contribution in [1.82, 2.24) is 0 Å². The van der Waals surface area contributed by atoms with Gasteiger partial charge in [0.2, 0.25) is 0 Å². The highest BCUT2D eigenvalue weighted by Crippen LogP contribution is 2.37. The van der Waals surface area contributed by atoms with Gasteiger partial charge in [-0.2, -0.15) is 13.2 Å². The van der Waals surface area contributed by atoms with Crippen LogP contribution in [0.2, 0.25) is 12.6 Å². The highest BCUT2D eigenvalue weighted by atomic mass is 32.2. The lowest BCUT2D eigenvalue weighted by molar-refractivity contribution is -0.0328. The van der Waals surface area contributed by atoms with E-state index in [0.717, 1.165) is 24.5 Å². The molecule has 6 heteroatoms. The van der Waals surface area contributed by atoms with Crippen molar-refractivity contribution in [2.45, 2.75) is 43.3 Å². The Hall–Kier alpha value is -0.775. The number of hydrogen-bond acceptors (Lipinski definition) is 2. The lowest BCUT2D eigenvalue weighted by Gasteiger charge is -2.16. The molecule has 0 saturated heterocycles. The monoisotopic (exact) mass is 290 g/mol. The maximum absolute atomic E-state index is 12.3. The zero-order chi connectivity index (χ0) is 14.5. The minimum absolute atomic E-state index is 0.108. The molecule has 0 fully saturated rings. The van der Waals surface area contributed by atoms with E-state index in [1.165, 1.54) is 19.2 Å². The summed E-state index contributed by atoms with van der Waals surface area (Å²) >= 11 is -0.108. The van der Waals surface area contributed by atoms with E-state index < -0.39 is 5.51 Å². The molecule has 0 amide bonds. The van der Waals surface area contributed by atoms with Gasteiger partial charge in [0.15, 0.2) is 6.71 Å². The predicted octanol–water partition coefficient (Wildman–Crippen LogP) is 4.44. The fourth-order valence-electron chi connectivity index (χ4n) is 2.15. The summed E-state index contributed by atoms with van der Waals surface area (Å²) in [6.07, 6.45) is 3.01. The smallest absolute Gasteiger partial charge is 0.446 e. The standard InChI is InChI=1S/C13H18BF3OS/c1-4-8-14(5-2)11-7-6-10(9-12(11)18-3)19-13(15,16)17/h6-7,9H,4-5,8H2,1-3H3. The van der Waals surface area contributed by atoms with Gasteiger partial charge < -0.3 is 4.74 Å². The number of rotatable bonds is 6. The number of hydrogen-bond donors (Lipinski definition) is 0. The Kier molecular flexibility index (Phi) is 6.11. The van der Waals surface area contributed by atoms with Crippen LogP contribution in [-0.4, -0.2) is 19.3 Å². The van der Waals surface area contributed by atoms with Crippen LogP contribution in [0, 0.1) is 0 Å². The zero-order valence-electron chi connectivity index (χ0n) is 11.4. The van der Waals surface area contributed by atoms with E-state index >= 15 is 0 Å². The Balaban J connectivity index is 3.01. The van der Waals surface area contributed by atoms with Crippen molar-refractivity contribution in [3.05, 3.63) is 18.2 Å². The molecule has 1 nitrogen and oxygen atoms in total. The summed E-state index contributed by atoms with van der Waals surface area (Å²) in [4.78, 5) is 0.166. The second-order valence-electron chi connectivity index (χ2n) is 4.35. The molecule has 0 aromatic heterocycles. The first-order valence-electron chi connectivity index (χ1n) is 6.34. The maximum atomic E-state index is 12.3. The maximum Gasteiger partial charge on any atom is 0.446 e. The summed E-state index contributed by atoms with van der Waals surface area (Å²) < 4.78 is 42.3. The number of benzene rings is 1. The second kappa shape index (κ2) is 7.13. The van der Waals surface area contributed by atoms with Crippen LogP contribution < -0.4 is 10.2 Å². The first-order chi connectivity index (χ1) is 8.91. The van der Waals surface area contributed by atoms with Crippen LogP contribution in [0.25, 0.3) is 0 Å². The highest BCUT2D eigenvalue weighted by molar-refractivity contribution is 8.00. The van der Waals surface area contributed by atoms with Crippen LogP contribution in [0.1, 0.15) is 20.3 Å². The van der Waals surface area contributed by atoms with Crippen LogP contribution in [0.3, 0.4) is 0 Å². The Morgan fingerprint density at radius 2 is 1.95 bits per heavy atom. The predicted molar refractivity (Wildman–Crippen MR) is 75.9 cm³/mol. The molecule has 0 atom stereocenters. The average molecular weight is 290 g/mol. The van der Waals surface area contributed by atoms with Crippen molar-refractivity contribution in [2.24, 2.45) is 0 Å². The van der Waals surface area contributed by atoms with E-state index in [-0.39, 0.29) is 16.7 Å². The lowest BCUT2D eigenvalue weighted by atomic mass is 9.40. The van der Waals surface area contributed by atoms with Crippen LogP contribution in [0.4, 0.5) is 13.2 Å². The molecule has 1 aromatic rings. The third kappa shape index (κ3) is 5.01. The average Bonchev–Trinajstić information content (AvgIpc) is 2.34. The van der Waals surface area contributed by atoms with Gasteiger partial charge >= 0.3 is 5.51 Å². The third-order valence-corrected chi connectivity index (χ3v) is 3.73. The molecule has 1 rings (SSSR count). The van der Waals surface area contributed by atoms with Gasteiger partial charge in [0.05, 0.1) is 7.11 Å². The van der Waals surface area contributed by atoms with Crippen LogP contribution >= 0.6 is 11.8 Å². The van der Waals surface area contributed by atoms with E-state index in [9.17, 15) is 13.2 Å². The highest BCUT2D eigenvalue weighted by Gasteiger charge is 2.30. The summed E-state index contributed by atoms with van der Waals surface area (Å²) in [5.74, 6) is 0.551. The molecular formula is C13H18BF3OS. The van der Waals surface area contributed by atoms with Gasteiger partial charge in [-0.05, 0) is 29.4 Å². The van der Waals surface area contributed by atoms with Gasteiger partial charge in [0.25, 0.3) is 0 Å². The van der Waals surface area contributed by atoms with Crippen molar-refractivity contribution in [3.8, 4) is 5.75 Å². The molecule has 0 aliphatic heterocycles. The first-order valence-corrected chi connectivity index (χ1v) is 7.16. The fraction of sp³-hybridized carbons (Fsp3) is 0.538. The van der Waals surface area contributed by atoms with E-state index in [1.807, 2.05) is 0 Å². The van der Waals surface area contributed by atoms with E-state index in [4.69, 9.17) is 4.74 Å². The van der Waals surface area contributed by atoms with Crippen molar-refractivity contribution < 1.29 is 17.9 Å². The Bertz CT molecular complexity index is 409. The minimum Gasteiger partial charge on any atom is -0.497 e. The van der Waals surface area contributed by atoms with E-state index in [1.54, 1.807) is 6.07 Å². The van der Waals surface area contributed by atoms with Gasteiger partial charge in [0, 0.05) is 4.90 Å². The van der Waals surface area contributed by atoms with Crippen molar-refractivity contribution >= 4 is 23.9 Å². The third-order valence-electron chi connectivity index (χ3n) is 3.01. The van der Waals surface area contributed by atoms with Gasteiger partial charge in [-0.3, -0.25) is 0 Å². The number of alkyl halides is 3. The summed E-state index contributed by atoms with van der Waals surface area (Å²) in [6, 6.07) is 4.76. The summed E-state index contributed by atoms with van der Waals surface area (Å²) in [7, 11) is 1.50. The molecule has 106 valence electrons. The number of thioether (sulfide) groups is 1. The zero-order valence-corrected chi connectivity index (χ0v) is 12.2. The van der Waals surface area contributed by atoms with Crippen LogP contribution in [0.15, 0.2) is 23.1 Å². The molecule has 0 aliphatic carbocycles. The number of halogens is 3. The summed E-state index contributed by atoms with van der Waals surface area (Å²) in [5.41, 5.74) is -3.27. The Morgan fingerprint density at radius 3 is 2.42 bits per heavy atom.